The van der Waals surface area contributed by atoms with Gasteiger partial charge in [0.25, 0.3) is 11.8 Å². The van der Waals surface area contributed by atoms with Crippen LogP contribution >= 0.6 is 0 Å². The zero-order chi connectivity index (χ0) is 20.1. The van der Waals surface area contributed by atoms with Gasteiger partial charge in [0.05, 0.1) is 11.1 Å². The number of hydrogen-bond donors (Lipinski definition) is 0. The van der Waals surface area contributed by atoms with E-state index in [0.717, 1.165) is 18.4 Å². The Morgan fingerprint density at radius 2 is 1.36 bits per heavy atom. The lowest BCUT2D eigenvalue weighted by Gasteiger charge is -2.31. The van der Waals surface area contributed by atoms with Gasteiger partial charge >= 0.3 is 0 Å². The van der Waals surface area contributed by atoms with E-state index in [0.29, 0.717) is 30.6 Å². The highest BCUT2D eigenvalue weighted by Crippen LogP contribution is 2.27. The Bertz CT molecular complexity index is 822. The predicted octanol–water partition coefficient (Wildman–Crippen LogP) is 3.54. The van der Waals surface area contributed by atoms with Crippen molar-refractivity contribution in [3.63, 3.8) is 0 Å². The van der Waals surface area contributed by atoms with Crippen molar-refractivity contribution in [1.29, 1.82) is 0 Å². The van der Waals surface area contributed by atoms with Crippen LogP contribution in [0.15, 0.2) is 54.6 Å². The molecule has 0 fully saturated rings. The van der Waals surface area contributed by atoms with Crippen LogP contribution in [0.25, 0.3) is 0 Å². The van der Waals surface area contributed by atoms with E-state index in [1.54, 1.807) is 29.2 Å². The van der Waals surface area contributed by atoms with Gasteiger partial charge in [-0.05, 0) is 30.5 Å². The summed E-state index contributed by atoms with van der Waals surface area (Å²) in [5.74, 6) is -0.937. The molecule has 2 aromatic rings. The molecule has 28 heavy (non-hydrogen) atoms. The third kappa shape index (κ3) is 3.84. The van der Waals surface area contributed by atoms with Crippen LogP contribution in [0.4, 0.5) is 0 Å². The monoisotopic (exact) mass is 378 g/mol. The molecule has 1 atom stereocenters. The fourth-order valence-corrected chi connectivity index (χ4v) is 3.70. The summed E-state index contributed by atoms with van der Waals surface area (Å²) >= 11 is 0. The van der Waals surface area contributed by atoms with Crippen molar-refractivity contribution >= 4 is 17.7 Å². The Balaban J connectivity index is 1.98. The molecule has 5 heteroatoms. The fourth-order valence-electron chi connectivity index (χ4n) is 3.70. The van der Waals surface area contributed by atoms with E-state index in [2.05, 4.69) is 0 Å². The Hall–Kier alpha value is -2.95. The molecule has 0 aliphatic carbocycles. The molecule has 3 rings (SSSR count). The van der Waals surface area contributed by atoms with E-state index < -0.39 is 6.04 Å². The van der Waals surface area contributed by atoms with Gasteiger partial charge in [0.15, 0.2) is 0 Å². The van der Waals surface area contributed by atoms with Crippen molar-refractivity contribution in [3.05, 3.63) is 71.3 Å². The molecule has 0 N–H and O–H groups in total. The highest BCUT2D eigenvalue weighted by Gasteiger charge is 2.43. The first-order chi connectivity index (χ1) is 13.6. The van der Waals surface area contributed by atoms with Crippen molar-refractivity contribution < 1.29 is 14.4 Å². The molecular weight excluding hydrogens is 352 g/mol. The minimum absolute atomic E-state index is 0.165. The Kier molecular flexibility index (Phi) is 6.24. The van der Waals surface area contributed by atoms with Crippen molar-refractivity contribution in [2.45, 2.75) is 39.2 Å². The number of carbonyl (C=O) groups excluding carboxylic acids is 3. The number of imide groups is 1. The number of carbonyl (C=O) groups is 3. The van der Waals surface area contributed by atoms with Gasteiger partial charge in [-0.2, -0.15) is 0 Å². The van der Waals surface area contributed by atoms with E-state index in [1.807, 2.05) is 44.2 Å². The molecule has 0 saturated carbocycles. The third-order valence-electron chi connectivity index (χ3n) is 4.99. The maximum Gasteiger partial charge on any atom is 0.262 e. The van der Waals surface area contributed by atoms with Crippen molar-refractivity contribution in [2.75, 3.05) is 13.1 Å². The summed E-state index contributed by atoms with van der Waals surface area (Å²) in [5, 5.41) is 0. The second kappa shape index (κ2) is 8.83. The number of benzene rings is 2. The molecule has 3 amide bonds. The average molecular weight is 378 g/mol. The molecule has 0 unspecified atom stereocenters. The molecule has 146 valence electrons. The molecule has 0 bridgehead atoms. The molecule has 0 spiro atoms. The standard InChI is InChI=1S/C23H26N2O3/c1-3-14-24(15-4-2)23(28)20(16-17-10-6-5-7-11-17)25-21(26)18-12-8-9-13-19(18)22(25)27/h5-13,20H,3-4,14-16H2,1-2H3/t20-/m1/s1. The van der Waals surface area contributed by atoms with E-state index in [-0.39, 0.29) is 17.7 Å². The quantitative estimate of drug-likeness (QED) is 0.660. The van der Waals surface area contributed by atoms with Crippen LogP contribution in [0.2, 0.25) is 0 Å². The highest BCUT2D eigenvalue weighted by atomic mass is 16.2. The molecule has 0 radical (unpaired) electrons. The first-order valence-electron chi connectivity index (χ1n) is 9.88. The van der Waals surface area contributed by atoms with E-state index in [4.69, 9.17) is 0 Å². The van der Waals surface area contributed by atoms with Gasteiger partial charge in [-0.3, -0.25) is 19.3 Å². The number of rotatable bonds is 8. The molecule has 1 heterocycles. The Morgan fingerprint density at radius 3 is 1.86 bits per heavy atom. The predicted molar refractivity (Wildman–Crippen MR) is 108 cm³/mol. The molecule has 1 aliphatic heterocycles. The van der Waals surface area contributed by atoms with Gasteiger partial charge in [0, 0.05) is 19.5 Å². The lowest BCUT2D eigenvalue weighted by molar-refractivity contribution is -0.135. The van der Waals surface area contributed by atoms with Crippen molar-refractivity contribution in [2.24, 2.45) is 0 Å². The lowest BCUT2D eigenvalue weighted by atomic mass is 10.0. The fraction of sp³-hybridized carbons (Fsp3) is 0.348. The van der Waals surface area contributed by atoms with Gasteiger partial charge in [-0.1, -0.05) is 56.3 Å². The summed E-state index contributed by atoms with van der Waals surface area (Å²) in [7, 11) is 0. The SMILES string of the molecule is CCCN(CCC)C(=O)[C@@H](Cc1ccccc1)N1C(=O)c2ccccc2C1=O. The minimum Gasteiger partial charge on any atom is -0.341 e. The molecule has 0 aromatic heterocycles. The summed E-state index contributed by atoms with van der Waals surface area (Å²) < 4.78 is 0. The summed E-state index contributed by atoms with van der Waals surface area (Å²) in [6.45, 7) is 5.26. The molecular formula is C23H26N2O3. The molecule has 1 aliphatic rings. The van der Waals surface area contributed by atoms with Crippen LogP contribution < -0.4 is 0 Å². The van der Waals surface area contributed by atoms with Gasteiger partial charge in [-0.15, -0.1) is 0 Å². The molecule has 0 saturated heterocycles. The first-order valence-corrected chi connectivity index (χ1v) is 9.88. The van der Waals surface area contributed by atoms with Crippen molar-refractivity contribution in [3.8, 4) is 0 Å². The van der Waals surface area contributed by atoms with Crippen LogP contribution in [-0.4, -0.2) is 46.7 Å². The maximum absolute atomic E-state index is 13.4. The number of hydrogen-bond acceptors (Lipinski definition) is 3. The van der Waals surface area contributed by atoms with Crippen LogP contribution in [0.1, 0.15) is 53.0 Å². The normalized spacial score (nSPS) is 14.1. The van der Waals surface area contributed by atoms with Gasteiger partial charge in [0.1, 0.15) is 6.04 Å². The topological polar surface area (TPSA) is 57.7 Å². The average Bonchev–Trinajstić information content (AvgIpc) is 2.97. The smallest absolute Gasteiger partial charge is 0.262 e. The highest BCUT2D eigenvalue weighted by molar-refractivity contribution is 6.22. The maximum atomic E-state index is 13.4. The minimum atomic E-state index is -0.840. The van der Waals surface area contributed by atoms with Crippen molar-refractivity contribution in [1.82, 2.24) is 9.80 Å². The van der Waals surface area contributed by atoms with Gasteiger partial charge < -0.3 is 4.90 Å². The molecule has 5 nitrogen and oxygen atoms in total. The van der Waals surface area contributed by atoms with Crippen LogP contribution in [-0.2, 0) is 11.2 Å². The van der Waals surface area contributed by atoms with Gasteiger partial charge in [0.2, 0.25) is 5.91 Å². The van der Waals surface area contributed by atoms with Gasteiger partial charge in [-0.25, -0.2) is 0 Å². The number of nitrogens with zero attached hydrogens (tertiary/aromatic N) is 2. The first kappa shape index (κ1) is 19.8. The van der Waals surface area contributed by atoms with Crippen LogP contribution in [0, 0.1) is 0 Å². The Morgan fingerprint density at radius 1 is 0.857 bits per heavy atom. The summed E-state index contributed by atoms with van der Waals surface area (Å²) in [5.41, 5.74) is 1.66. The summed E-state index contributed by atoms with van der Waals surface area (Å²) in [6, 6.07) is 15.5. The second-order valence-electron chi connectivity index (χ2n) is 7.06. The summed E-state index contributed by atoms with van der Waals surface area (Å²) in [6.07, 6.45) is 1.97. The second-order valence-corrected chi connectivity index (χ2v) is 7.06. The zero-order valence-electron chi connectivity index (χ0n) is 16.4. The zero-order valence-corrected chi connectivity index (χ0v) is 16.4. The van der Waals surface area contributed by atoms with Crippen LogP contribution in [0.3, 0.4) is 0 Å². The van der Waals surface area contributed by atoms with E-state index in [9.17, 15) is 14.4 Å². The number of amides is 3. The lowest BCUT2D eigenvalue weighted by Crippen LogP contribution is -2.52. The third-order valence-corrected chi connectivity index (χ3v) is 4.99. The van der Waals surface area contributed by atoms with E-state index >= 15 is 0 Å². The number of fused-ring (bicyclic) bond motifs is 1. The van der Waals surface area contributed by atoms with Crippen LogP contribution in [0.5, 0.6) is 0 Å². The van der Waals surface area contributed by atoms with E-state index in [1.165, 1.54) is 4.90 Å². The summed E-state index contributed by atoms with van der Waals surface area (Å²) in [4.78, 5) is 42.4. The largest absolute Gasteiger partial charge is 0.341 e. The molecule has 2 aromatic carbocycles. The Labute approximate surface area is 166 Å².